The third kappa shape index (κ3) is 2.64. The number of hydrogen-bond donors (Lipinski definition) is 0. The van der Waals surface area contributed by atoms with Crippen LogP contribution in [0, 0.1) is 0 Å². The zero-order valence-electron chi connectivity index (χ0n) is 8.56. The first-order chi connectivity index (χ1) is 7.46. The summed E-state index contributed by atoms with van der Waals surface area (Å²) in [6.07, 6.45) is -2.67. The number of Topliss-reactive ketones (excluding diaryl/α,β-unsaturated/α-hetero) is 1. The van der Waals surface area contributed by atoms with E-state index in [-0.39, 0.29) is 5.78 Å². The molecule has 0 saturated heterocycles. The highest BCUT2D eigenvalue weighted by Gasteiger charge is 2.29. The molecule has 1 nitrogen and oxygen atoms in total. The van der Waals surface area contributed by atoms with Crippen molar-refractivity contribution in [3.05, 3.63) is 21.4 Å². The van der Waals surface area contributed by atoms with Crippen LogP contribution >= 0.6 is 11.3 Å². The van der Waals surface area contributed by atoms with Gasteiger partial charge < -0.3 is 0 Å². The maximum atomic E-state index is 11.9. The monoisotopic (exact) mass is 248 g/mol. The molecule has 0 spiro atoms. The van der Waals surface area contributed by atoms with Crippen LogP contribution < -0.4 is 0 Å². The van der Waals surface area contributed by atoms with Gasteiger partial charge in [-0.2, -0.15) is 13.2 Å². The molecule has 1 aliphatic rings. The van der Waals surface area contributed by atoms with E-state index in [0.29, 0.717) is 4.88 Å². The van der Waals surface area contributed by atoms with Crippen LogP contribution in [-0.2, 0) is 12.8 Å². The van der Waals surface area contributed by atoms with Crippen LogP contribution in [0.25, 0.3) is 0 Å². The minimum absolute atomic E-state index is 0.378. The first-order valence-electron chi connectivity index (χ1n) is 5.17. The molecular weight excluding hydrogens is 237 g/mol. The predicted octanol–water partition coefficient (Wildman–Crippen LogP) is 3.76. The van der Waals surface area contributed by atoms with Crippen LogP contribution in [0.2, 0.25) is 0 Å². The van der Waals surface area contributed by atoms with Crippen molar-refractivity contribution in [2.24, 2.45) is 0 Å². The highest BCUT2D eigenvalue weighted by Crippen LogP contribution is 2.32. The van der Waals surface area contributed by atoms with E-state index in [1.54, 1.807) is 6.07 Å². The second-order valence-electron chi connectivity index (χ2n) is 3.95. The molecule has 0 saturated carbocycles. The Morgan fingerprint density at radius 1 is 1.38 bits per heavy atom. The molecule has 0 atom stereocenters. The van der Waals surface area contributed by atoms with Gasteiger partial charge in [-0.05, 0) is 30.9 Å². The predicted molar refractivity (Wildman–Crippen MR) is 56.0 cm³/mol. The fourth-order valence-corrected chi connectivity index (χ4v) is 3.07. The molecule has 0 bridgehead atoms. The van der Waals surface area contributed by atoms with Gasteiger partial charge in [-0.25, -0.2) is 0 Å². The topological polar surface area (TPSA) is 17.1 Å². The zero-order chi connectivity index (χ0) is 11.8. The Balaban J connectivity index is 1.99. The largest absolute Gasteiger partial charge is 0.389 e. The fraction of sp³-hybridized carbons (Fsp3) is 0.545. The molecule has 0 aliphatic heterocycles. The van der Waals surface area contributed by atoms with E-state index < -0.39 is 19.0 Å². The molecule has 1 aromatic heterocycles. The van der Waals surface area contributed by atoms with Gasteiger partial charge in [0.15, 0.2) is 5.78 Å². The molecule has 5 heteroatoms. The van der Waals surface area contributed by atoms with Crippen LogP contribution in [0.1, 0.15) is 39.4 Å². The quantitative estimate of drug-likeness (QED) is 0.744. The van der Waals surface area contributed by atoms with Gasteiger partial charge in [0.25, 0.3) is 0 Å². The molecule has 0 radical (unpaired) electrons. The van der Waals surface area contributed by atoms with Gasteiger partial charge in [0.2, 0.25) is 0 Å². The lowest BCUT2D eigenvalue weighted by Gasteiger charge is -2.03. The van der Waals surface area contributed by atoms with Gasteiger partial charge in [0.05, 0.1) is 11.3 Å². The van der Waals surface area contributed by atoms with E-state index in [0.717, 1.165) is 24.8 Å². The van der Waals surface area contributed by atoms with Gasteiger partial charge >= 0.3 is 6.18 Å². The maximum absolute atomic E-state index is 11.9. The number of halogens is 3. The number of alkyl halides is 3. The second-order valence-corrected chi connectivity index (χ2v) is 5.09. The number of aryl methyl sites for hydroxylation is 2. The van der Waals surface area contributed by atoms with E-state index in [1.165, 1.54) is 16.2 Å². The van der Waals surface area contributed by atoms with Crippen LogP contribution in [0.4, 0.5) is 13.2 Å². The Morgan fingerprint density at radius 2 is 2.12 bits per heavy atom. The van der Waals surface area contributed by atoms with E-state index >= 15 is 0 Å². The van der Waals surface area contributed by atoms with E-state index in [4.69, 9.17) is 0 Å². The standard InChI is InChI=1S/C11H11F3OS/c12-11(13,14)5-4-8(15)10-6-7-2-1-3-9(7)16-10/h6H,1-5H2. The summed E-state index contributed by atoms with van der Waals surface area (Å²) in [4.78, 5) is 13.2. The summed E-state index contributed by atoms with van der Waals surface area (Å²) in [5.41, 5.74) is 1.15. The maximum Gasteiger partial charge on any atom is 0.389 e. The van der Waals surface area contributed by atoms with E-state index in [9.17, 15) is 18.0 Å². The minimum Gasteiger partial charge on any atom is -0.293 e. The average Bonchev–Trinajstić information content (AvgIpc) is 2.71. The molecule has 16 heavy (non-hydrogen) atoms. The highest BCUT2D eigenvalue weighted by atomic mass is 32.1. The third-order valence-electron chi connectivity index (χ3n) is 2.66. The van der Waals surface area contributed by atoms with Crippen LogP contribution in [0.5, 0.6) is 0 Å². The Morgan fingerprint density at radius 3 is 2.75 bits per heavy atom. The smallest absolute Gasteiger partial charge is 0.293 e. The van der Waals surface area contributed by atoms with Crippen molar-refractivity contribution in [3.8, 4) is 0 Å². The number of fused-ring (bicyclic) bond motifs is 1. The molecule has 0 aromatic carbocycles. The van der Waals surface area contributed by atoms with Gasteiger partial charge in [-0.1, -0.05) is 0 Å². The van der Waals surface area contributed by atoms with Crippen molar-refractivity contribution < 1.29 is 18.0 Å². The molecule has 2 rings (SSSR count). The lowest BCUT2D eigenvalue weighted by atomic mass is 10.1. The summed E-state index contributed by atoms with van der Waals surface area (Å²) in [7, 11) is 0. The molecule has 0 fully saturated rings. The van der Waals surface area contributed by atoms with Gasteiger partial charge in [0.1, 0.15) is 0 Å². The van der Waals surface area contributed by atoms with Crippen LogP contribution in [0.15, 0.2) is 6.07 Å². The summed E-state index contributed by atoms with van der Waals surface area (Å²) in [6.45, 7) is 0. The summed E-state index contributed by atoms with van der Waals surface area (Å²) in [5, 5.41) is 0. The number of thiophene rings is 1. The first kappa shape index (κ1) is 11.6. The first-order valence-corrected chi connectivity index (χ1v) is 5.99. The molecule has 88 valence electrons. The van der Waals surface area contributed by atoms with Crippen LogP contribution in [0.3, 0.4) is 0 Å². The van der Waals surface area contributed by atoms with Gasteiger partial charge in [0, 0.05) is 11.3 Å². The van der Waals surface area contributed by atoms with Gasteiger partial charge in [-0.3, -0.25) is 4.79 Å². The van der Waals surface area contributed by atoms with Crippen molar-refractivity contribution in [3.63, 3.8) is 0 Å². The Labute approximate surface area is 95.3 Å². The number of ketones is 1. The van der Waals surface area contributed by atoms with Crippen molar-refractivity contribution in [2.45, 2.75) is 38.3 Å². The molecule has 1 aromatic rings. The minimum atomic E-state index is -4.24. The second kappa shape index (κ2) is 4.20. The number of carbonyl (C=O) groups excluding carboxylic acids is 1. The fourth-order valence-electron chi connectivity index (χ4n) is 1.84. The molecule has 0 N–H and O–H groups in total. The summed E-state index contributed by atoms with van der Waals surface area (Å²) in [5.74, 6) is -0.378. The number of hydrogen-bond acceptors (Lipinski definition) is 2. The van der Waals surface area contributed by atoms with Gasteiger partial charge in [-0.15, -0.1) is 11.3 Å². The summed E-state index contributed by atoms with van der Waals surface area (Å²) < 4.78 is 35.8. The normalized spacial score (nSPS) is 15.2. The van der Waals surface area contributed by atoms with Crippen molar-refractivity contribution in [1.82, 2.24) is 0 Å². The Kier molecular flexibility index (Phi) is 3.06. The van der Waals surface area contributed by atoms with Crippen LogP contribution in [-0.4, -0.2) is 12.0 Å². The molecule has 0 unspecified atom stereocenters. The summed E-state index contributed by atoms with van der Waals surface area (Å²) in [6, 6.07) is 1.77. The Bertz CT molecular complexity index is 384. The molecule has 0 amide bonds. The summed E-state index contributed by atoms with van der Waals surface area (Å²) >= 11 is 1.36. The van der Waals surface area contributed by atoms with Crippen molar-refractivity contribution in [1.29, 1.82) is 0 Å². The van der Waals surface area contributed by atoms with E-state index in [2.05, 4.69) is 0 Å². The third-order valence-corrected chi connectivity index (χ3v) is 3.94. The lowest BCUT2D eigenvalue weighted by Crippen LogP contribution is -2.10. The number of rotatable bonds is 3. The average molecular weight is 248 g/mol. The molecular formula is C11H11F3OS. The molecule has 1 heterocycles. The molecule has 1 aliphatic carbocycles. The number of carbonyl (C=O) groups is 1. The highest BCUT2D eigenvalue weighted by molar-refractivity contribution is 7.14. The van der Waals surface area contributed by atoms with Crippen molar-refractivity contribution in [2.75, 3.05) is 0 Å². The van der Waals surface area contributed by atoms with E-state index in [1.807, 2.05) is 0 Å². The lowest BCUT2D eigenvalue weighted by molar-refractivity contribution is -0.133. The Hall–Kier alpha value is -0.840. The SMILES string of the molecule is O=C(CCC(F)(F)F)c1cc2c(s1)CCC2. The van der Waals surface area contributed by atoms with Crippen molar-refractivity contribution >= 4 is 17.1 Å². The zero-order valence-corrected chi connectivity index (χ0v) is 9.38.